The van der Waals surface area contributed by atoms with Crippen molar-refractivity contribution >= 4 is 37.3 Å². The van der Waals surface area contributed by atoms with Crippen LogP contribution in [0.2, 0.25) is 0 Å². The third-order valence-corrected chi connectivity index (χ3v) is 4.69. The number of ether oxygens (including phenoxy) is 1. The Kier molecular flexibility index (Phi) is 4.20. The van der Waals surface area contributed by atoms with Gasteiger partial charge >= 0.3 is 0 Å². The second-order valence-corrected chi connectivity index (χ2v) is 6.50. The summed E-state index contributed by atoms with van der Waals surface area (Å²) in [5.41, 5.74) is 6.50. The van der Waals surface area contributed by atoms with E-state index in [-0.39, 0.29) is 10.6 Å². The van der Waals surface area contributed by atoms with Gasteiger partial charge in [-0.2, -0.15) is 0 Å². The van der Waals surface area contributed by atoms with E-state index in [1.807, 2.05) is 0 Å². The van der Waals surface area contributed by atoms with Gasteiger partial charge in [0.1, 0.15) is 10.6 Å². The van der Waals surface area contributed by atoms with E-state index in [0.717, 1.165) is 0 Å². The third-order valence-electron chi connectivity index (χ3n) is 2.60. The number of benzene rings is 2. The summed E-state index contributed by atoms with van der Waals surface area (Å²) in [6.07, 6.45) is 0. The molecule has 106 valence electrons. The molecule has 0 unspecified atom stereocenters. The Bertz CT molecular complexity index is 732. The SMILES string of the molecule is COc1cc(N)ccc1S(=O)(=O)Nc1ccccc1Br. The van der Waals surface area contributed by atoms with Crippen LogP contribution in [0.3, 0.4) is 0 Å². The first-order valence-electron chi connectivity index (χ1n) is 5.65. The highest BCUT2D eigenvalue weighted by atomic mass is 79.9. The maximum absolute atomic E-state index is 12.4. The standard InChI is InChI=1S/C13H13BrN2O3S/c1-19-12-8-9(15)6-7-13(12)20(17,18)16-11-5-3-2-4-10(11)14/h2-8,16H,15H2,1H3. The van der Waals surface area contributed by atoms with E-state index >= 15 is 0 Å². The number of rotatable bonds is 4. The summed E-state index contributed by atoms with van der Waals surface area (Å²) in [5, 5.41) is 0. The van der Waals surface area contributed by atoms with E-state index in [1.165, 1.54) is 25.3 Å². The number of nitrogens with two attached hydrogens (primary N) is 1. The van der Waals surface area contributed by atoms with Crippen LogP contribution in [0.15, 0.2) is 51.8 Å². The monoisotopic (exact) mass is 356 g/mol. The minimum Gasteiger partial charge on any atom is -0.495 e. The van der Waals surface area contributed by atoms with E-state index in [2.05, 4.69) is 20.7 Å². The Labute approximate surface area is 125 Å². The minimum atomic E-state index is -3.76. The van der Waals surface area contributed by atoms with Crippen molar-refractivity contribution in [1.29, 1.82) is 0 Å². The van der Waals surface area contributed by atoms with Crippen LogP contribution >= 0.6 is 15.9 Å². The van der Waals surface area contributed by atoms with Crippen molar-refractivity contribution in [2.24, 2.45) is 0 Å². The van der Waals surface area contributed by atoms with Crippen LogP contribution in [-0.2, 0) is 10.0 Å². The van der Waals surface area contributed by atoms with Crippen molar-refractivity contribution in [3.05, 3.63) is 46.9 Å². The van der Waals surface area contributed by atoms with Crippen LogP contribution in [0.4, 0.5) is 11.4 Å². The predicted molar refractivity (Wildman–Crippen MR) is 82.4 cm³/mol. The van der Waals surface area contributed by atoms with Crippen molar-refractivity contribution in [1.82, 2.24) is 0 Å². The van der Waals surface area contributed by atoms with Gasteiger partial charge in [-0.15, -0.1) is 0 Å². The highest BCUT2D eigenvalue weighted by Crippen LogP contribution is 2.29. The number of nitrogen functional groups attached to an aromatic ring is 1. The molecule has 20 heavy (non-hydrogen) atoms. The molecule has 0 atom stereocenters. The molecule has 0 amide bonds. The molecule has 0 aliphatic heterocycles. The topological polar surface area (TPSA) is 81.4 Å². The summed E-state index contributed by atoms with van der Waals surface area (Å²) in [4.78, 5) is 0.0324. The Hall–Kier alpha value is -1.73. The van der Waals surface area contributed by atoms with Gasteiger partial charge in [-0.3, -0.25) is 4.72 Å². The summed E-state index contributed by atoms with van der Waals surface area (Å²) < 4.78 is 33.0. The first kappa shape index (κ1) is 14.7. The van der Waals surface area contributed by atoms with Crippen molar-refractivity contribution in [3.8, 4) is 5.75 Å². The van der Waals surface area contributed by atoms with Crippen LogP contribution in [0, 0.1) is 0 Å². The van der Waals surface area contributed by atoms with Gasteiger partial charge in [0.05, 0.1) is 12.8 Å². The predicted octanol–water partition coefficient (Wildman–Crippen LogP) is 2.84. The molecule has 2 aromatic rings. The average molecular weight is 357 g/mol. The zero-order chi connectivity index (χ0) is 14.8. The molecular formula is C13H13BrN2O3S. The highest BCUT2D eigenvalue weighted by Gasteiger charge is 2.20. The molecular weight excluding hydrogens is 344 g/mol. The number of sulfonamides is 1. The van der Waals surface area contributed by atoms with Crippen LogP contribution in [0.25, 0.3) is 0 Å². The molecule has 5 nitrogen and oxygen atoms in total. The number of hydrogen-bond acceptors (Lipinski definition) is 4. The quantitative estimate of drug-likeness (QED) is 0.825. The molecule has 0 fully saturated rings. The average Bonchev–Trinajstić information content (AvgIpc) is 2.40. The Morgan fingerprint density at radius 2 is 1.90 bits per heavy atom. The maximum Gasteiger partial charge on any atom is 0.265 e. The molecule has 0 saturated carbocycles. The van der Waals surface area contributed by atoms with Crippen molar-refractivity contribution < 1.29 is 13.2 Å². The fourth-order valence-electron chi connectivity index (χ4n) is 1.65. The second-order valence-electron chi connectivity index (χ2n) is 4.00. The number of halogens is 1. The zero-order valence-electron chi connectivity index (χ0n) is 10.6. The van der Waals surface area contributed by atoms with Crippen molar-refractivity contribution in [3.63, 3.8) is 0 Å². The molecule has 2 rings (SSSR count). The summed E-state index contributed by atoms with van der Waals surface area (Å²) >= 11 is 3.29. The lowest BCUT2D eigenvalue weighted by Gasteiger charge is -2.13. The van der Waals surface area contributed by atoms with Crippen LogP contribution in [0.1, 0.15) is 0 Å². The normalized spacial score (nSPS) is 11.1. The summed E-state index contributed by atoms with van der Waals surface area (Å²) in [6.45, 7) is 0. The molecule has 0 aliphatic rings. The van der Waals surface area contributed by atoms with Gasteiger partial charge in [0.25, 0.3) is 10.0 Å². The molecule has 0 radical (unpaired) electrons. The lowest BCUT2D eigenvalue weighted by molar-refractivity contribution is 0.403. The zero-order valence-corrected chi connectivity index (χ0v) is 13.0. The summed E-state index contributed by atoms with van der Waals surface area (Å²) in [6, 6.07) is 11.3. The summed E-state index contributed by atoms with van der Waals surface area (Å²) in [7, 11) is -2.36. The van der Waals surface area contributed by atoms with E-state index < -0.39 is 10.0 Å². The molecule has 7 heteroatoms. The number of anilines is 2. The Balaban J connectivity index is 2.44. The molecule has 0 aliphatic carbocycles. The number of para-hydroxylation sites is 1. The lowest BCUT2D eigenvalue weighted by Crippen LogP contribution is -2.14. The van der Waals surface area contributed by atoms with E-state index in [4.69, 9.17) is 10.5 Å². The first-order valence-corrected chi connectivity index (χ1v) is 7.92. The van der Waals surface area contributed by atoms with E-state index in [9.17, 15) is 8.42 Å². The number of nitrogens with one attached hydrogen (secondary N) is 1. The first-order chi connectivity index (χ1) is 9.44. The fraction of sp³-hybridized carbons (Fsp3) is 0.0769. The van der Waals surface area contributed by atoms with Gasteiger partial charge in [-0.05, 0) is 40.2 Å². The van der Waals surface area contributed by atoms with Crippen molar-refractivity contribution in [2.45, 2.75) is 4.90 Å². The lowest BCUT2D eigenvalue weighted by atomic mass is 10.3. The molecule has 0 saturated heterocycles. The second kappa shape index (κ2) is 5.72. The van der Waals surface area contributed by atoms with E-state index in [0.29, 0.717) is 15.8 Å². The van der Waals surface area contributed by atoms with Gasteiger partial charge in [-0.1, -0.05) is 12.1 Å². The van der Waals surface area contributed by atoms with E-state index in [1.54, 1.807) is 24.3 Å². The summed E-state index contributed by atoms with van der Waals surface area (Å²) in [5.74, 6) is 0.199. The molecule has 0 aromatic heterocycles. The van der Waals surface area contributed by atoms with Gasteiger partial charge in [-0.25, -0.2) is 8.42 Å². The smallest absolute Gasteiger partial charge is 0.265 e. The fourth-order valence-corrected chi connectivity index (χ4v) is 3.40. The van der Waals surface area contributed by atoms with Gasteiger partial charge < -0.3 is 10.5 Å². The van der Waals surface area contributed by atoms with Gasteiger partial charge in [0.15, 0.2) is 0 Å². The Morgan fingerprint density at radius 1 is 1.20 bits per heavy atom. The van der Waals surface area contributed by atoms with Gasteiger partial charge in [0, 0.05) is 16.2 Å². The molecule has 2 aromatic carbocycles. The van der Waals surface area contributed by atoms with Crippen LogP contribution in [0.5, 0.6) is 5.75 Å². The molecule has 0 bridgehead atoms. The van der Waals surface area contributed by atoms with Crippen LogP contribution < -0.4 is 15.2 Å². The van der Waals surface area contributed by atoms with Gasteiger partial charge in [0.2, 0.25) is 0 Å². The maximum atomic E-state index is 12.4. The van der Waals surface area contributed by atoms with Crippen molar-refractivity contribution in [2.75, 3.05) is 17.6 Å². The highest BCUT2D eigenvalue weighted by molar-refractivity contribution is 9.10. The van der Waals surface area contributed by atoms with Crippen LogP contribution in [-0.4, -0.2) is 15.5 Å². The number of hydrogen-bond donors (Lipinski definition) is 2. The molecule has 0 spiro atoms. The largest absolute Gasteiger partial charge is 0.495 e. The Morgan fingerprint density at radius 3 is 2.55 bits per heavy atom. The number of methoxy groups -OCH3 is 1. The minimum absolute atomic E-state index is 0.0324. The molecule has 0 heterocycles. The third kappa shape index (κ3) is 3.05. The molecule has 3 N–H and O–H groups in total.